The summed E-state index contributed by atoms with van der Waals surface area (Å²) in [5.41, 5.74) is 0.537. The molecule has 0 amide bonds. The third-order valence-electron chi connectivity index (χ3n) is 2.90. The molecule has 0 bridgehead atoms. The third kappa shape index (κ3) is 2.57. The van der Waals surface area contributed by atoms with Crippen LogP contribution in [0.1, 0.15) is 13.8 Å². The monoisotopic (exact) mass is 270 g/mol. The number of rotatable bonds is 2. The molecule has 1 fully saturated rings. The lowest BCUT2D eigenvalue weighted by Gasteiger charge is -2.36. The molecule has 5 nitrogen and oxygen atoms in total. The van der Waals surface area contributed by atoms with Crippen molar-refractivity contribution in [3.63, 3.8) is 0 Å². The number of para-hydroxylation sites is 1. The predicted molar refractivity (Wildman–Crippen MR) is 70.3 cm³/mol. The van der Waals surface area contributed by atoms with Crippen LogP contribution in [0.25, 0.3) is 0 Å². The number of morpholine rings is 1. The molecular weight excluding hydrogens is 256 g/mol. The summed E-state index contributed by atoms with van der Waals surface area (Å²) in [6.07, 6.45) is 0.0641. The highest BCUT2D eigenvalue weighted by Crippen LogP contribution is 2.36. The summed E-state index contributed by atoms with van der Waals surface area (Å²) in [5, 5.41) is 11.5. The first-order valence-electron chi connectivity index (χ1n) is 5.82. The number of halogens is 1. The second kappa shape index (κ2) is 5.12. The molecule has 0 radical (unpaired) electrons. The van der Waals surface area contributed by atoms with E-state index in [1.165, 1.54) is 6.07 Å². The van der Waals surface area contributed by atoms with Crippen LogP contribution < -0.4 is 4.90 Å². The van der Waals surface area contributed by atoms with Gasteiger partial charge in [-0.2, -0.15) is 0 Å². The van der Waals surface area contributed by atoms with Crippen LogP contribution in [0.5, 0.6) is 0 Å². The lowest BCUT2D eigenvalue weighted by molar-refractivity contribution is -0.384. The Morgan fingerprint density at radius 1 is 1.39 bits per heavy atom. The Labute approximate surface area is 110 Å². The number of benzene rings is 1. The zero-order valence-corrected chi connectivity index (χ0v) is 11.1. The molecule has 2 rings (SSSR count). The molecule has 1 aliphatic rings. The fourth-order valence-electron chi connectivity index (χ4n) is 2.32. The van der Waals surface area contributed by atoms with Crippen molar-refractivity contribution in [1.29, 1.82) is 0 Å². The van der Waals surface area contributed by atoms with Gasteiger partial charge >= 0.3 is 0 Å². The minimum absolute atomic E-state index is 0.0321. The van der Waals surface area contributed by atoms with Gasteiger partial charge in [-0.15, -0.1) is 0 Å². The average molecular weight is 271 g/mol. The summed E-state index contributed by atoms with van der Waals surface area (Å²) in [5.74, 6) is 0. The van der Waals surface area contributed by atoms with Gasteiger partial charge in [-0.3, -0.25) is 10.1 Å². The quantitative estimate of drug-likeness (QED) is 0.612. The van der Waals surface area contributed by atoms with Gasteiger partial charge in [0, 0.05) is 19.2 Å². The van der Waals surface area contributed by atoms with Crippen LogP contribution >= 0.6 is 11.6 Å². The first-order chi connectivity index (χ1) is 8.49. The van der Waals surface area contributed by atoms with Crippen LogP contribution in [-0.4, -0.2) is 30.2 Å². The Balaban J connectivity index is 2.40. The Morgan fingerprint density at radius 2 is 2.00 bits per heavy atom. The topological polar surface area (TPSA) is 55.6 Å². The van der Waals surface area contributed by atoms with E-state index in [1.54, 1.807) is 12.1 Å². The molecule has 0 N–H and O–H groups in total. The van der Waals surface area contributed by atoms with Crippen LogP contribution in [0.2, 0.25) is 5.02 Å². The Hall–Kier alpha value is -1.33. The van der Waals surface area contributed by atoms with E-state index in [4.69, 9.17) is 16.3 Å². The van der Waals surface area contributed by atoms with Gasteiger partial charge in [-0.25, -0.2) is 0 Å². The number of hydrogen-bond donors (Lipinski definition) is 0. The number of nitro groups is 1. The summed E-state index contributed by atoms with van der Waals surface area (Å²) in [6, 6.07) is 4.75. The van der Waals surface area contributed by atoms with Crippen molar-refractivity contribution in [3.8, 4) is 0 Å². The lowest BCUT2D eigenvalue weighted by atomic mass is 10.1. The molecule has 1 saturated heterocycles. The van der Waals surface area contributed by atoms with Gasteiger partial charge in [0.25, 0.3) is 5.69 Å². The molecule has 1 aromatic carbocycles. The predicted octanol–water partition coefficient (Wildman–Crippen LogP) is 2.86. The smallest absolute Gasteiger partial charge is 0.294 e. The number of hydrogen-bond acceptors (Lipinski definition) is 4. The molecule has 0 spiro atoms. The maximum absolute atomic E-state index is 11.1. The SMILES string of the molecule is C[C@@H]1CN(c2c(Cl)cccc2[N+](=O)[O-])C[C@@H](C)O1. The maximum atomic E-state index is 11.1. The van der Waals surface area contributed by atoms with Crippen LogP contribution in [0.3, 0.4) is 0 Å². The van der Waals surface area contributed by atoms with Crippen molar-refractivity contribution in [1.82, 2.24) is 0 Å². The molecule has 6 heteroatoms. The molecular formula is C12H15ClN2O3. The first kappa shape index (κ1) is 13.1. The minimum atomic E-state index is -0.397. The highest BCUT2D eigenvalue weighted by Gasteiger charge is 2.29. The van der Waals surface area contributed by atoms with Gasteiger partial charge in [0.05, 0.1) is 22.2 Å². The molecule has 0 unspecified atom stereocenters. The second-order valence-corrected chi connectivity index (χ2v) is 4.93. The minimum Gasteiger partial charge on any atom is -0.372 e. The van der Waals surface area contributed by atoms with E-state index in [0.717, 1.165) is 0 Å². The van der Waals surface area contributed by atoms with Crippen molar-refractivity contribution >= 4 is 23.0 Å². The molecule has 1 aliphatic heterocycles. The zero-order chi connectivity index (χ0) is 13.3. The summed E-state index contributed by atoms with van der Waals surface area (Å²) < 4.78 is 5.62. The van der Waals surface area contributed by atoms with Crippen molar-refractivity contribution in [3.05, 3.63) is 33.3 Å². The Kier molecular flexibility index (Phi) is 3.73. The molecule has 0 saturated carbocycles. The van der Waals surface area contributed by atoms with Gasteiger partial charge in [0.1, 0.15) is 5.69 Å². The standard InChI is InChI=1S/C12H15ClN2O3/c1-8-6-14(7-9(2)18-8)12-10(13)4-3-5-11(12)15(16)17/h3-5,8-9H,6-7H2,1-2H3/t8-,9-/m1/s1. The first-order valence-corrected chi connectivity index (χ1v) is 6.20. The van der Waals surface area contributed by atoms with Gasteiger partial charge in [-0.1, -0.05) is 17.7 Å². The highest BCUT2D eigenvalue weighted by molar-refractivity contribution is 6.33. The second-order valence-electron chi connectivity index (χ2n) is 4.53. The summed E-state index contributed by atoms with van der Waals surface area (Å²) in [4.78, 5) is 12.6. The molecule has 1 aromatic rings. The highest BCUT2D eigenvalue weighted by atomic mass is 35.5. The zero-order valence-electron chi connectivity index (χ0n) is 10.3. The van der Waals surface area contributed by atoms with E-state index in [1.807, 2.05) is 18.7 Å². The Morgan fingerprint density at radius 3 is 2.56 bits per heavy atom. The van der Waals surface area contributed by atoms with Crippen LogP contribution in [0, 0.1) is 10.1 Å². The van der Waals surface area contributed by atoms with Crippen LogP contribution in [-0.2, 0) is 4.74 Å². The van der Waals surface area contributed by atoms with E-state index in [2.05, 4.69) is 0 Å². The number of nitrogens with zero attached hydrogens (tertiary/aromatic N) is 2. The van der Waals surface area contributed by atoms with Gasteiger partial charge in [0.2, 0.25) is 0 Å². The van der Waals surface area contributed by atoms with E-state index in [-0.39, 0.29) is 17.9 Å². The van der Waals surface area contributed by atoms with Crippen molar-refractivity contribution in [2.45, 2.75) is 26.1 Å². The van der Waals surface area contributed by atoms with E-state index >= 15 is 0 Å². The molecule has 18 heavy (non-hydrogen) atoms. The maximum Gasteiger partial charge on any atom is 0.294 e. The third-order valence-corrected chi connectivity index (χ3v) is 3.20. The van der Waals surface area contributed by atoms with Gasteiger partial charge in [0.15, 0.2) is 0 Å². The summed E-state index contributed by atoms with van der Waals surface area (Å²) in [6.45, 7) is 5.11. The summed E-state index contributed by atoms with van der Waals surface area (Å²) >= 11 is 6.12. The fraction of sp³-hybridized carbons (Fsp3) is 0.500. The average Bonchev–Trinajstić information content (AvgIpc) is 2.26. The molecule has 0 aliphatic carbocycles. The normalized spacial score (nSPS) is 24.1. The van der Waals surface area contributed by atoms with Crippen molar-refractivity contribution < 1.29 is 9.66 Å². The largest absolute Gasteiger partial charge is 0.372 e. The lowest BCUT2D eigenvalue weighted by Crippen LogP contribution is -2.45. The van der Waals surface area contributed by atoms with Crippen LogP contribution in [0.4, 0.5) is 11.4 Å². The van der Waals surface area contributed by atoms with E-state index in [0.29, 0.717) is 23.8 Å². The Bertz CT molecular complexity index is 457. The molecule has 98 valence electrons. The fourth-order valence-corrected chi connectivity index (χ4v) is 2.61. The van der Waals surface area contributed by atoms with Gasteiger partial charge < -0.3 is 9.64 Å². The number of nitro benzene ring substituents is 1. The number of ether oxygens (including phenoxy) is 1. The van der Waals surface area contributed by atoms with Crippen LogP contribution in [0.15, 0.2) is 18.2 Å². The molecule has 2 atom stereocenters. The molecule has 0 aromatic heterocycles. The van der Waals surface area contributed by atoms with Crippen molar-refractivity contribution in [2.24, 2.45) is 0 Å². The van der Waals surface area contributed by atoms with Gasteiger partial charge in [-0.05, 0) is 19.9 Å². The van der Waals surface area contributed by atoms with E-state index < -0.39 is 4.92 Å². The number of anilines is 1. The van der Waals surface area contributed by atoms with E-state index in [9.17, 15) is 10.1 Å². The summed E-state index contributed by atoms with van der Waals surface area (Å²) in [7, 11) is 0. The van der Waals surface area contributed by atoms with Crippen molar-refractivity contribution in [2.75, 3.05) is 18.0 Å². The molecule has 1 heterocycles.